The van der Waals surface area contributed by atoms with Crippen LogP contribution in [0.1, 0.15) is 12.0 Å². The van der Waals surface area contributed by atoms with Crippen LogP contribution in [-0.4, -0.2) is 27.0 Å². The Morgan fingerprint density at radius 1 is 1.25 bits per heavy atom. The van der Waals surface area contributed by atoms with Crippen LogP contribution in [-0.2, 0) is 6.42 Å². The van der Waals surface area contributed by atoms with Crippen LogP contribution in [0.2, 0.25) is 0 Å². The number of thioether (sulfide) groups is 1. The van der Waals surface area contributed by atoms with Gasteiger partial charge in [0.1, 0.15) is 11.5 Å². The van der Waals surface area contributed by atoms with Crippen LogP contribution in [0.25, 0.3) is 0 Å². The Morgan fingerprint density at radius 2 is 2.00 bits per heavy atom. The van der Waals surface area contributed by atoms with Gasteiger partial charge in [0.25, 0.3) is 0 Å². The van der Waals surface area contributed by atoms with Crippen LogP contribution in [0.5, 0.6) is 11.5 Å². The molecule has 3 nitrogen and oxygen atoms in total. The molecule has 4 heteroatoms. The summed E-state index contributed by atoms with van der Waals surface area (Å²) in [7, 11) is 3.38. The third-order valence-corrected chi connectivity index (χ3v) is 3.16. The van der Waals surface area contributed by atoms with E-state index < -0.39 is 0 Å². The molecule has 1 aromatic rings. The maximum Gasteiger partial charge on any atom is 0.135 e. The SMILES string of the molecule is COc1cc(CCCN)c(OC)c(SC)c1. The summed E-state index contributed by atoms with van der Waals surface area (Å²) in [6, 6.07) is 4.02. The van der Waals surface area contributed by atoms with Gasteiger partial charge >= 0.3 is 0 Å². The summed E-state index contributed by atoms with van der Waals surface area (Å²) >= 11 is 1.66. The zero-order valence-electron chi connectivity index (χ0n) is 10.1. The lowest BCUT2D eigenvalue weighted by Gasteiger charge is -2.14. The number of hydrogen-bond donors (Lipinski definition) is 1. The van der Waals surface area contributed by atoms with E-state index in [1.807, 2.05) is 18.4 Å². The highest BCUT2D eigenvalue weighted by Crippen LogP contribution is 2.35. The molecule has 0 atom stereocenters. The molecule has 1 rings (SSSR count). The summed E-state index contributed by atoms with van der Waals surface area (Å²) < 4.78 is 10.7. The van der Waals surface area contributed by atoms with Gasteiger partial charge in [-0.1, -0.05) is 0 Å². The second kappa shape index (κ2) is 6.66. The number of rotatable bonds is 6. The fourth-order valence-electron chi connectivity index (χ4n) is 1.61. The number of benzene rings is 1. The summed E-state index contributed by atoms with van der Waals surface area (Å²) in [6.45, 7) is 0.689. The lowest BCUT2D eigenvalue weighted by molar-refractivity contribution is 0.389. The Kier molecular flexibility index (Phi) is 5.49. The third kappa shape index (κ3) is 3.06. The van der Waals surface area contributed by atoms with Crippen LogP contribution >= 0.6 is 11.8 Å². The second-order valence-electron chi connectivity index (χ2n) is 3.41. The van der Waals surface area contributed by atoms with Crippen molar-refractivity contribution in [1.82, 2.24) is 0 Å². The molecule has 0 amide bonds. The monoisotopic (exact) mass is 241 g/mol. The van der Waals surface area contributed by atoms with Crippen molar-refractivity contribution in [3.8, 4) is 11.5 Å². The van der Waals surface area contributed by atoms with Crippen molar-refractivity contribution in [2.45, 2.75) is 17.7 Å². The number of ether oxygens (including phenoxy) is 2. The van der Waals surface area contributed by atoms with Gasteiger partial charge in [0.05, 0.1) is 19.1 Å². The average Bonchev–Trinajstić information content (AvgIpc) is 2.34. The van der Waals surface area contributed by atoms with Crippen LogP contribution in [0.3, 0.4) is 0 Å². The topological polar surface area (TPSA) is 44.5 Å². The Bertz CT molecular complexity index is 342. The lowest BCUT2D eigenvalue weighted by atomic mass is 10.1. The molecular weight excluding hydrogens is 222 g/mol. The van der Waals surface area contributed by atoms with Gasteiger partial charge in [0.15, 0.2) is 0 Å². The summed E-state index contributed by atoms with van der Waals surface area (Å²) in [5.41, 5.74) is 6.70. The van der Waals surface area contributed by atoms with Crippen LogP contribution in [0.4, 0.5) is 0 Å². The van der Waals surface area contributed by atoms with Gasteiger partial charge < -0.3 is 15.2 Å². The van der Waals surface area contributed by atoms with E-state index in [4.69, 9.17) is 15.2 Å². The first-order valence-corrected chi connectivity index (χ1v) is 6.48. The van der Waals surface area contributed by atoms with Gasteiger partial charge in [0.2, 0.25) is 0 Å². The highest BCUT2D eigenvalue weighted by molar-refractivity contribution is 7.98. The van der Waals surface area contributed by atoms with Crippen LogP contribution in [0, 0.1) is 0 Å². The van der Waals surface area contributed by atoms with E-state index in [-0.39, 0.29) is 0 Å². The molecule has 0 saturated carbocycles. The van der Waals surface area contributed by atoms with E-state index in [1.54, 1.807) is 26.0 Å². The van der Waals surface area contributed by atoms with Gasteiger partial charge in [-0.05, 0) is 43.3 Å². The smallest absolute Gasteiger partial charge is 0.135 e. The molecule has 0 unspecified atom stereocenters. The van der Waals surface area contributed by atoms with Crippen molar-refractivity contribution in [1.29, 1.82) is 0 Å². The van der Waals surface area contributed by atoms with Crippen molar-refractivity contribution in [3.05, 3.63) is 17.7 Å². The van der Waals surface area contributed by atoms with E-state index in [0.29, 0.717) is 6.54 Å². The van der Waals surface area contributed by atoms with Gasteiger partial charge in [-0.3, -0.25) is 0 Å². The molecule has 0 radical (unpaired) electrons. The molecule has 0 heterocycles. The number of methoxy groups -OCH3 is 2. The third-order valence-electron chi connectivity index (χ3n) is 2.42. The molecular formula is C12H19NO2S. The maximum atomic E-state index is 5.53. The first-order valence-electron chi connectivity index (χ1n) is 5.25. The van der Waals surface area contributed by atoms with E-state index in [0.717, 1.165) is 34.8 Å². The normalized spacial score (nSPS) is 10.2. The molecule has 0 saturated heterocycles. The minimum absolute atomic E-state index is 0.689. The van der Waals surface area contributed by atoms with E-state index >= 15 is 0 Å². The maximum absolute atomic E-state index is 5.53. The summed E-state index contributed by atoms with van der Waals surface area (Å²) in [5, 5.41) is 0. The predicted octanol–water partition coefficient (Wildman–Crippen LogP) is 2.32. The fraction of sp³-hybridized carbons (Fsp3) is 0.500. The minimum Gasteiger partial charge on any atom is -0.497 e. The zero-order valence-corrected chi connectivity index (χ0v) is 10.9. The van der Waals surface area contributed by atoms with Crippen molar-refractivity contribution in [2.75, 3.05) is 27.0 Å². The summed E-state index contributed by atoms with van der Waals surface area (Å²) in [5.74, 6) is 1.82. The summed E-state index contributed by atoms with van der Waals surface area (Å²) in [4.78, 5) is 1.11. The first kappa shape index (κ1) is 13.2. The van der Waals surface area contributed by atoms with Crippen molar-refractivity contribution in [3.63, 3.8) is 0 Å². The number of aryl methyl sites for hydroxylation is 1. The molecule has 90 valence electrons. The second-order valence-corrected chi connectivity index (χ2v) is 4.26. The first-order chi connectivity index (χ1) is 7.76. The molecule has 0 fully saturated rings. The van der Waals surface area contributed by atoms with Crippen LogP contribution in [0.15, 0.2) is 17.0 Å². The Morgan fingerprint density at radius 3 is 2.50 bits per heavy atom. The molecule has 0 aliphatic heterocycles. The lowest BCUT2D eigenvalue weighted by Crippen LogP contribution is -2.02. The predicted molar refractivity (Wildman–Crippen MR) is 68.7 cm³/mol. The van der Waals surface area contributed by atoms with E-state index in [9.17, 15) is 0 Å². The molecule has 0 spiro atoms. The molecule has 0 aromatic heterocycles. The quantitative estimate of drug-likeness (QED) is 0.776. The molecule has 0 aliphatic rings. The largest absolute Gasteiger partial charge is 0.497 e. The number of nitrogens with two attached hydrogens (primary N) is 1. The Labute approximate surface area is 101 Å². The fourth-order valence-corrected chi connectivity index (χ4v) is 2.25. The van der Waals surface area contributed by atoms with Crippen molar-refractivity contribution in [2.24, 2.45) is 5.73 Å². The van der Waals surface area contributed by atoms with Gasteiger partial charge in [0, 0.05) is 0 Å². The Balaban J connectivity index is 3.09. The van der Waals surface area contributed by atoms with E-state index in [1.165, 1.54) is 0 Å². The van der Waals surface area contributed by atoms with E-state index in [2.05, 4.69) is 0 Å². The number of hydrogen-bond acceptors (Lipinski definition) is 4. The molecule has 0 bridgehead atoms. The zero-order chi connectivity index (χ0) is 12.0. The van der Waals surface area contributed by atoms with Gasteiger partial charge in [-0.25, -0.2) is 0 Å². The van der Waals surface area contributed by atoms with Crippen molar-refractivity contribution < 1.29 is 9.47 Å². The molecule has 0 aliphatic carbocycles. The highest BCUT2D eigenvalue weighted by Gasteiger charge is 2.11. The minimum atomic E-state index is 0.689. The van der Waals surface area contributed by atoms with Gasteiger partial charge in [-0.2, -0.15) is 0 Å². The molecule has 1 aromatic carbocycles. The highest BCUT2D eigenvalue weighted by atomic mass is 32.2. The van der Waals surface area contributed by atoms with Gasteiger partial charge in [-0.15, -0.1) is 11.8 Å². The summed E-state index contributed by atoms with van der Waals surface area (Å²) in [6.07, 6.45) is 3.91. The molecule has 16 heavy (non-hydrogen) atoms. The average molecular weight is 241 g/mol. The molecule has 2 N–H and O–H groups in total. The Hall–Kier alpha value is -0.870. The van der Waals surface area contributed by atoms with Crippen molar-refractivity contribution >= 4 is 11.8 Å². The van der Waals surface area contributed by atoms with Crippen LogP contribution < -0.4 is 15.2 Å². The standard InChI is InChI=1S/C12H19NO2S/c1-14-10-7-9(5-4-6-13)12(15-2)11(8-10)16-3/h7-8H,4-6,13H2,1-3H3.